The summed E-state index contributed by atoms with van der Waals surface area (Å²) in [6.07, 6.45) is -2.20. The Morgan fingerprint density at radius 1 is 0.787 bits per heavy atom. The Kier molecular flexibility index (Phi) is 11.1. The van der Waals surface area contributed by atoms with E-state index in [1.165, 1.54) is 12.1 Å². The number of hydrogen-bond donors (Lipinski definition) is 2. The minimum Gasteiger partial charge on any atom is -0.371 e. The Morgan fingerprint density at radius 2 is 1.39 bits per heavy atom. The maximum absolute atomic E-state index is 13.5. The van der Waals surface area contributed by atoms with Crippen LogP contribution in [0.2, 0.25) is 0 Å². The second-order valence-electron chi connectivity index (χ2n) is 17.0. The van der Waals surface area contributed by atoms with Gasteiger partial charge in [0, 0.05) is 121 Å². The number of alkyl halides is 3. The summed E-state index contributed by atoms with van der Waals surface area (Å²) in [6.45, 7) is 10.7. The minimum atomic E-state index is -4.62. The van der Waals surface area contributed by atoms with Gasteiger partial charge in [-0.3, -0.25) is 19.2 Å². The molecule has 2 N–H and O–H groups in total. The number of benzene rings is 2. The molecule has 1 aromatic heterocycles. The standard InChI is InChI=1S/C43H47F3N10O5/c44-43(45,46)36-18-32(2-1-30(36)19-47)53-11-9-29(10-12-53)40(58)49-37-6-4-33(20-48-37)55-25-28(26-55)22-52-15-13-51(14-16-52)21-27-23-54(24-27)31-3-5-34-35(17-31)42(60)56(41(34)59)39-8-7-38(57)50-61-39/h1-6,17-18,20,27-29,39H,7-16,21-26H2,(H,50,57)(H,48,49,58). The van der Waals surface area contributed by atoms with Gasteiger partial charge in [0.05, 0.1) is 40.2 Å². The fraction of sp³-hybridized carbons (Fsp3) is 0.488. The topological polar surface area (TPSA) is 158 Å². The highest BCUT2D eigenvalue weighted by Crippen LogP contribution is 2.36. The van der Waals surface area contributed by atoms with E-state index < -0.39 is 35.3 Å². The SMILES string of the molecule is N#Cc1ccc(N2CCC(C(=O)Nc3ccc(N4CC(CN5CCN(CC6CN(c7ccc8c(c7)C(=O)N(C7CCC(=O)NO7)C8=O)C6)CC5)C4)cn3)CC2)cc1C(F)(F)F. The number of carbonyl (C=O) groups excluding carboxylic acids is 4. The van der Waals surface area contributed by atoms with Crippen molar-refractivity contribution in [1.29, 1.82) is 5.26 Å². The van der Waals surface area contributed by atoms with Crippen LogP contribution in [0.4, 0.5) is 36.1 Å². The van der Waals surface area contributed by atoms with Crippen molar-refractivity contribution >= 4 is 46.5 Å². The third-order valence-corrected chi connectivity index (χ3v) is 12.9. The lowest BCUT2D eigenvalue weighted by Crippen LogP contribution is -2.57. The first-order valence-electron chi connectivity index (χ1n) is 20.9. The molecule has 4 amide bonds. The molecule has 1 unspecified atom stereocenters. The number of piperazine rings is 1. The molecule has 61 heavy (non-hydrogen) atoms. The molecule has 5 fully saturated rings. The van der Waals surface area contributed by atoms with Crippen LogP contribution in [-0.4, -0.2) is 128 Å². The summed E-state index contributed by atoms with van der Waals surface area (Å²) < 4.78 is 40.4. The number of fused-ring (bicyclic) bond motifs is 1. The van der Waals surface area contributed by atoms with Crippen LogP contribution in [0.1, 0.15) is 57.5 Å². The van der Waals surface area contributed by atoms with E-state index in [2.05, 4.69) is 35.4 Å². The number of pyridine rings is 1. The van der Waals surface area contributed by atoms with Gasteiger partial charge in [0.25, 0.3) is 11.8 Å². The van der Waals surface area contributed by atoms with Gasteiger partial charge in [-0.05, 0) is 61.4 Å². The number of nitrogens with one attached hydrogen (secondary N) is 2. The van der Waals surface area contributed by atoms with Crippen molar-refractivity contribution in [3.05, 3.63) is 77.0 Å². The lowest BCUT2D eigenvalue weighted by Gasteiger charge is -2.46. The highest BCUT2D eigenvalue weighted by molar-refractivity contribution is 6.22. The van der Waals surface area contributed by atoms with E-state index in [1.807, 2.05) is 23.1 Å². The average molecular weight is 841 g/mol. The first-order chi connectivity index (χ1) is 29.4. The van der Waals surface area contributed by atoms with E-state index in [0.29, 0.717) is 60.4 Å². The number of nitrogens with zero attached hydrogens (tertiary/aromatic N) is 8. The van der Waals surface area contributed by atoms with Crippen molar-refractivity contribution in [3.8, 4) is 6.07 Å². The molecule has 0 spiro atoms. The third kappa shape index (κ3) is 8.46. The van der Waals surface area contributed by atoms with Crippen molar-refractivity contribution in [2.24, 2.45) is 17.8 Å². The van der Waals surface area contributed by atoms with Crippen LogP contribution in [0.5, 0.6) is 0 Å². The first kappa shape index (κ1) is 40.6. The lowest BCUT2D eigenvalue weighted by molar-refractivity contribution is -0.158. The lowest BCUT2D eigenvalue weighted by atomic mass is 9.95. The van der Waals surface area contributed by atoms with Gasteiger partial charge in [-0.15, -0.1) is 0 Å². The van der Waals surface area contributed by atoms with E-state index in [1.54, 1.807) is 24.4 Å². The van der Waals surface area contributed by atoms with Crippen molar-refractivity contribution < 1.29 is 37.2 Å². The molecule has 3 aromatic rings. The fourth-order valence-corrected chi connectivity index (χ4v) is 9.40. The number of aromatic nitrogens is 1. The number of imide groups is 1. The van der Waals surface area contributed by atoms with Crippen molar-refractivity contribution in [2.45, 2.75) is 38.1 Å². The molecule has 2 aromatic carbocycles. The average Bonchev–Trinajstić information content (AvgIpc) is 3.48. The Balaban J connectivity index is 0.660. The van der Waals surface area contributed by atoms with Gasteiger partial charge in [-0.25, -0.2) is 20.2 Å². The summed E-state index contributed by atoms with van der Waals surface area (Å²) in [5.74, 6) is 0.0728. The maximum Gasteiger partial charge on any atom is 0.417 e. The van der Waals surface area contributed by atoms with Gasteiger partial charge in [0.2, 0.25) is 11.8 Å². The number of hydroxylamine groups is 1. The molecule has 1 atom stereocenters. The molecule has 0 bridgehead atoms. The summed E-state index contributed by atoms with van der Waals surface area (Å²) in [6, 6.07) is 14.6. The summed E-state index contributed by atoms with van der Waals surface area (Å²) in [5, 5.41) is 12.0. The molecule has 7 heterocycles. The molecule has 0 aliphatic carbocycles. The molecule has 18 heteroatoms. The zero-order chi connectivity index (χ0) is 42.4. The van der Waals surface area contributed by atoms with Gasteiger partial charge in [-0.2, -0.15) is 18.4 Å². The number of rotatable bonds is 10. The predicted molar refractivity (Wildman–Crippen MR) is 217 cm³/mol. The molecular formula is C43H47F3N10O5. The predicted octanol–water partition coefficient (Wildman–Crippen LogP) is 3.78. The molecule has 0 radical (unpaired) electrons. The largest absolute Gasteiger partial charge is 0.417 e. The molecule has 0 saturated carbocycles. The van der Waals surface area contributed by atoms with E-state index in [0.717, 1.165) is 87.8 Å². The number of amides is 4. The molecule has 6 aliphatic heterocycles. The summed E-state index contributed by atoms with van der Waals surface area (Å²) in [7, 11) is 0. The molecular weight excluding hydrogens is 794 g/mol. The van der Waals surface area contributed by atoms with Gasteiger partial charge in [0.1, 0.15) is 5.82 Å². The summed E-state index contributed by atoms with van der Waals surface area (Å²) >= 11 is 0. The fourth-order valence-electron chi connectivity index (χ4n) is 9.40. The number of hydrogen-bond acceptors (Lipinski definition) is 12. The van der Waals surface area contributed by atoms with E-state index in [4.69, 9.17) is 10.1 Å². The zero-order valence-corrected chi connectivity index (χ0v) is 33.6. The third-order valence-electron chi connectivity index (χ3n) is 12.9. The van der Waals surface area contributed by atoms with Crippen molar-refractivity contribution in [2.75, 3.05) is 98.6 Å². The summed E-state index contributed by atoms with van der Waals surface area (Å²) in [5.41, 5.74) is 3.99. The van der Waals surface area contributed by atoms with Gasteiger partial charge < -0.3 is 29.8 Å². The van der Waals surface area contributed by atoms with Gasteiger partial charge in [-0.1, -0.05) is 0 Å². The minimum absolute atomic E-state index is 0.152. The van der Waals surface area contributed by atoms with Crippen LogP contribution in [-0.2, 0) is 20.6 Å². The number of nitriles is 1. The Hall–Kier alpha value is -5.77. The Labute approximate surface area is 350 Å². The van der Waals surface area contributed by atoms with Crippen LogP contribution >= 0.6 is 0 Å². The highest BCUT2D eigenvalue weighted by atomic mass is 19.4. The van der Waals surface area contributed by atoms with E-state index >= 15 is 0 Å². The van der Waals surface area contributed by atoms with Crippen LogP contribution in [0.3, 0.4) is 0 Å². The molecule has 320 valence electrons. The quantitative estimate of drug-likeness (QED) is 0.286. The second kappa shape index (κ2) is 16.6. The molecule has 6 aliphatic rings. The number of carbonyl (C=O) groups is 4. The van der Waals surface area contributed by atoms with Gasteiger partial charge >= 0.3 is 6.18 Å². The molecule has 9 rings (SSSR count). The smallest absolute Gasteiger partial charge is 0.371 e. The molecule has 15 nitrogen and oxygen atoms in total. The number of halogens is 3. The second-order valence-corrected chi connectivity index (χ2v) is 17.0. The Morgan fingerprint density at radius 3 is 1.98 bits per heavy atom. The highest BCUT2D eigenvalue weighted by Gasteiger charge is 2.43. The zero-order valence-electron chi connectivity index (χ0n) is 33.6. The maximum atomic E-state index is 13.5. The van der Waals surface area contributed by atoms with Crippen LogP contribution in [0.25, 0.3) is 0 Å². The first-order valence-corrected chi connectivity index (χ1v) is 20.9. The van der Waals surface area contributed by atoms with Crippen LogP contribution in [0.15, 0.2) is 54.7 Å². The number of piperidine rings is 1. The van der Waals surface area contributed by atoms with Crippen LogP contribution in [0, 0.1) is 29.1 Å². The molecule has 5 saturated heterocycles. The summed E-state index contributed by atoms with van der Waals surface area (Å²) in [4.78, 5) is 73.0. The Bertz CT molecular complexity index is 2210. The van der Waals surface area contributed by atoms with Crippen molar-refractivity contribution in [3.63, 3.8) is 0 Å². The monoisotopic (exact) mass is 840 g/mol. The van der Waals surface area contributed by atoms with E-state index in [9.17, 15) is 32.3 Å². The number of anilines is 4. The van der Waals surface area contributed by atoms with Gasteiger partial charge in [0.15, 0.2) is 6.23 Å². The van der Waals surface area contributed by atoms with Crippen LogP contribution < -0.4 is 25.5 Å². The van der Waals surface area contributed by atoms with E-state index in [-0.39, 0.29) is 30.6 Å². The van der Waals surface area contributed by atoms with Crippen molar-refractivity contribution in [1.82, 2.24) is 25.2 Å². The normalized spacial score (nSPS) is 22.1.